The number of hydrogen-bond acceptors (Lipinski definition) is 3. The van der Waals surface area contributed by atoms with Crippen molar-refractivity contribution in [2.75, 3.05) is 0 Å². The molecular formula is C17H15NO3. The summed E-state index contributed by atoms with van der Waals surface area (Å²) in [5.74, 6) is 0.0152. The Hall–Kier alpha value is -2.80. The first-order chi connectivity index (χ1) is 10.1. The Kier molecular flexibility index (Phi) is 4.24. The molecule has 1 unspecified atom stereocenters. The zero-order valence-corrected chi connectivity index (χ0v) is 11.6. The summed E-state index contributed by atoms with van der Waals surface area (Å²) in [6.07, 6.45) is 0.188. The Labute approximate surface area is 123 Å². The van der Waals surface area contributed by atoms with E-state index in [4.69, 9.17) is 4.74 Å². The molecule has 4 heteroatoms. The number of carbonyl (C=O) groups is 1. The number of hydrogen-bond donors (Lipinski definition) is 1. The number of aliphatic carboxylic acids is 1. The fourth-order valence-electron chi connectivity index (χ4n) is 2.12. The molecule has 21 heavy (non-hydrogen) atoms. The van der Waals surface area contributed by atoms with Crippen LogP contribution in [0.2, 0.25) is 0 Å². The first kappa shape index (κ1) is 14.6. The number of nitrogens with zero attached hydrogens (tertiary/aromatic N) is 1. The lowest BCUT2D eigenvalue weighted by Crippen LogP contribution is -2.33. The lowest BCUT2D eigenvalue weighted by Gasteiger charge is -2.21. The highest BCUT2D eigenvalue weighted by Crippen LogP contribution is 2.31. The fraction of sp³-hybridized carbons (Fsp3) is 0.176. The summed E-state index contributed by atoms with van der Waals surface area (Å²) in [5, 5.41) is 18.7. The molecule has 0 fully saturated rings. The van der Waals surface area contributed by atoms with Gasteiger partial charge < -0.3 is 9.84 Å². The maximum Gasteiger partial charge on any atom is 0.328 e. The van der Waals surface area contributed by atoms with Gasteiger partial charge in [0.05, 0.1) is 6.07 Å². The van der Waals surface area contributed by atoms with Crippen molar-refractivity contribution in [1.82, 2.24) is 0 Å². The number of nitriles is 1. The molecule has 0 bridgehead atoms. The lowest BCUT2D eigenvalue weighted by molar-refractivity contribution is -0.141. The van der Waals surface area contributed by atoms with Crippen molar-refractivity contribution in [1.29, 1.82) is 5.26 Å². The monoisotopic (exact) mass is 281 g/mol. The van der Waals surface area contributed by atoms with Crippen molar-refractivity contribution >= 4 is 5.97 Å². The molecule has 2 rings (SSSR count). The van der Waals surface area contributed by atoms with Crippen LogP contribution in [0.3, 0.4) is 0 Å². The Morgan fingerprint density at radius 2 is 1.86 bits per heavy atom. The second-order valence-electron chi connectivity index (χ2n) is 4.62. The van der Waals surface area contributed by atoms with Gasteiger partial charge in [0.1, 0.15) is 11.5 Å². The maximum atomic E-state index is 11.5. The molecule has 0 radical (unpaired) electrons. The molecule has 0 aliphatic rings. The van der Waals surface area contributed by atoms with Crippen LogP contribution in [0, 0.1) is 11.3 Å². The second kappa shape index (κ2) is 6.10. The average molecular weight is 281 g/mol. The van der Waals surface area contributed by atoms with E-state index < -0.39 is 11.4 Å². The van der Waals surface area contributed by atoms with Gasteiger partial charge in [-0.2, -0.15) is 5.26 Å². The third kappa shape index (κ3) is 2.87. The molecule has 2 aromatic rings. The molecule has 4 nitrogen and oxygen atoms in total. The molecule has 0 saturated heterocycles. The first-order valence-corrected chi connectivity index (χ1v) is 6.60. The molecule has 1 atom stereocenters. The van der Waals surface area contributed by atoms with E-state index >= 15 is 0 Å². The summed E-state index contributed by atoms with van der Waals surface area (Å²) in [6.45, 7) is 1.68. The van der Waals surface area contributed by atoms with Crippen LogP contribution in [0.25, 0.3) is 0 Å². The molecular weight excluding hydrogens is 266 g/mol. The summed E-state index contributed by atoms with van der Waals surface area (Å²) in [4.78, 5) is 11.5. The van der Waals surface area contributed by atoms with E-state index in [9.17, 15) is 15.2 Å². The summed E-state index contributed by atoms with van der Waals surface area (Å²) in [6, 6.07) is 17.8. The minimum atomic E-state index is -1.55. The van der Waals surface area contributed by atoms with Crippen molar-refractivity contribution in [2.24, 2.45) is 0 Å². The minimum Gasteiger partial charge on any atom is -0.480 e. The van der Waals surface area contributed by atoms with Gasteiger partial charge in [0.25, 0.3) is 0 Å². The van der Waals surface area contributed by atoms with Gasteiger partial charge in [-0.3, -0.25) is 4.79 Å². The third-order valence-electron chi connectivity index (χ3n) is 3.39. The van der Waals surface area contributed by atoms with E-state index in [2.05, 4.69) is 0 Å². The van der Waals surface area contributed by atoms with Crippen molar-refractivity contribution in [3.05, 3.63) is 60.2 Å². The van der Waals surface area contributed by atoms with Crippen molar-refractivity contribution in [3.8, 4) is 17.6 Å². The summed E-state index contributed by atoms with van der Waals surface area (Å²) >= 11 is 0. The lowest BCUT2D eigenvalue weighted by atomic mass is 9.79. The zero-order valence-electron chi connectivity index (χ0n) is 11.6. The van der Waals surface area contributed by atoms with Gasteiger partial charge in [-0.15, -0.1) is 0 Å². The predicted octanol–water partition coefficient (Wildman–Crippen LogP) is 3.73. The van der Waals surface area contributed by atoms with Crippen LogP contribution in [0.4, 0.5) is 0 Å². The number of para-hydroxylation sites is 1. The first-order valence-electron chi connectivity index (χ1n) is 6.60. The summed E-state index contributed by atoms with van der Waals surface area (Å²) < 4.78 is 5.68. The largest absolute Gasteiger partial charge is 0.480 e. The van der Waals surface area contributed by atoms with Crippen LogP contribution in [0.1, 0.15) is 18.9 Å². The smallest absolute Gasteiger partial charge is 0.328 e. The Bertz CT molecular complexity index is 676. The maximum absolute atomic E-state index is 11.5. The highest BCUT2D eigenvalue weighted by molar-refractivity contribution is 5.85. The molecule has 0 aliphatic carbocycles. The Balaban J connectivity index is 2.38. The van der Waals surface area contributed by atoms with Crippen molar-refractivity contribution in [3.63, 3.8) is 0 Å². The number of ether oxygens (including phenoxy) is 1. The molecule has 1 N–H and O–H groups in total. The predicted molar refractivity (Wildman–Crippen MR) is 78.2 cm³/mol. The van der Waals surface area contributed by atoms with Crippen molar-refractivity contribution in [2.45, 2.75) is 18.8 Å². The van der Waals surface area contributed by atoms with Gasteiger partial charge in [0.2, 0.25) is 0 Å². The van der Waals surface area contributed by atoms with Crippen LogP contribution < -0.4 is 4.74 Å². The molecule has 0 aromatic heterocycles. The van der Waals surface area contributed by atoms with Gasteiger partial charge in [-0.25, -0.2) is 0 Å². The van der Waals surface area contributed by atoms with Gasteiger partial charge >= 0.3 is 5.97 Å². The molecule has 2 aromatic carbocycles. The number of carboxylic acid groups (broad SMARTS) is 1. The van der Waals surface area contributed by atoms with Gasteiger partial charge in [0, 0.05) is 0 Å². The van der Waals surface area contributed by atoms with E-state index in [1.807, 2.05) is 24.3 Å². The van der Waals surface area contributed by atoms with Crippen LogP contribution >= 0.6 is 0 Å². The number of rotatable bonds is 5. The Morgan fingerprint density at radius 1 is 1.19 bits per heavy atom. The van der Waals surface area contributed by atoms with E-state index in [1.54, 1.807) is 43.3 Å². The van der Waals surface area contributed by atoms with E-state index in [-0.39, 0.29) is 6.42 Å². The van der Waals surface area contributed by atoms with Gasteiger partial charge in [-0.05, 0) is 36.2 Å². The molecule has 0 amide bonds. The molecule has 106 valence electrons. The summed E-state index contributed by atoms with van der Waals surface area (Å²) in [5.41, 5.74) is -1.12. The molecule has 0 saturated carbocycles. The van der Waals surface area contributed by atoms with Crippen LogP contribution in [0.5, 0.6) is 11.5 Å². The van der Waals surface area contributed by atoms with E-state index in [1.165, 1.54) is 0 Å². The molecule has 0 spiro atoms. The highest BCUT2D eigenvalue weighted by Gasteiger charge is 2.39. The zero-order chi connectivity index (χ0) is 15.3. The topological polar surface area (TPSA) is 70.3 Å². The van der Waals surface area contributed by atoms with Crippen molar-refractivity contribution < 1.29 is 14.6 Å². The van der Waals surface area contributed by atoms with Gasteiger partial charge in [-0.1, -0.05) is 37.3 Å². The van der Waals surface area contributed by atoms with Crippen LogP contribution in [0.15, 0.2) is 54.6 Å². The normalized spacial score (nSPS) is 13.0. The fourth-order valence-corrected chi connectivity index (χ4v) is 2.12. The molecule has 0 heterocycles. The molecule has 0 aliphatic heterocycles. The highest BCUT2D eigenvalue weighted by atomic mass is 16.5. The minimum absolute atomic E-state index is 0.188. The van der Waals surface area contributed by atoms with Crippen LogP contribution in [-0.2, 0) is 10.2 Å². The van der Waals surface area contributed by atoms with Crippen LogP contribution in [-0.4, -0.2) is 11.1 Å². The van der Waals surface area contributed by atoms with Gasteiger partial charge in [0.15, 0.2) is 5.41 Å². The SMILES string of the molecule is CCC(C#N)(C(=O)O)c1cccc(Oc2ccccc2)c1. The second-order valence-corrected chi connectivity index (χ2v) is 4.62. The Morgan fingerprint density at radius 3 is 2.43 bits per heavy atom. The number of carboxylic acids is 1. The standard InChI is InChI=1S/C17H15NO3/c1-2-17(12-18,16(19)20)13-7-6-10-15(11-13)21-14-8-4-3-5-9-14/h3-11H,2H2,1H3,(H,19,20). The van der Waals surface area contributed by atoms with E-state index in [0.29, 0.717) is 17.1 Å². The quantitative estimate of drug-likeness (QED) is 0.906. The summed E-state index contributed by atoms with van der Waals surface area (Å²) in [7, 11) is 0. The van der Waals surface area contributed by atoms with E-state index in [0.717, 1.165) is 0 Å². The average Bonchev–Trinajstić information content (AvgIpc) is 2.50. The number of benzene rings is 2. The third-order valence-corrected chi connectivity index (χ3v) is 3.39.